The minimum atomic E-state index is -5.03. The van der Waals surface area contributed by atoms with Gasteiger partial charge in [0.25, 0.3) is 0 Å². The quantitative estimate of drug-likeness (QED) is 0.435. The molecule has 0 radical (unpaired) electrons. The zero-order valence-corrected chi connectivity index (χ0v) is 20.3. The maximum absolute atomic E-state index is 13.7. The second-order valence-corrected chi connectivity index (χ2v) is 10.9. The predicted octanol–water partition coefficient (Wildman–Crippen LogP) is 4.28. The SMILES string of the molecule is CS(=O)(=O)CC(=O)NCc1ccc(NC[C@](O)(c2cc(Cl)cc(Cl)c2)C(F)(F)F)cc1Br. The normalized spacial score (nSPS) is 14.0. The van der Waals surface area contributed by atoms with Gasteiger partial charge in [0.15, 0.2) is 9.84 Å². The summed E-state index contributed by atoms with van der Waals surface area (Å²) < 4.78 is 63.9. The summed E-state index contributed by atoms with van der Waals surface area (Å²) in [5.74, 6) is -1.34. The van der Waals surface area contributed by atoms with Crippen LogP contribution in [0.1, 0.15) is 11.1 Å². The maximum Gasteiger partial charge on any atom is 0.423 e. The molecule has 0 aromatic heterocycles. The van der Waals surface area contributed by atoms with E-state index < -0.39 is 45.4 Å². The second kappa shape index (κ2) is 10.2. The van der Waals surface area contributed by atoms with Crippen molar-refractivity contribution in [3.8, 4) is 0 Å². The molecule has 1 atom stereocenters. The van der Waals surface area contributed by atoms with E-state index in [1.807, 2.05) is 0 Å². The Morgan fingerprint density at radius 2 is 1.72 bits per heavy atom. The van der Waals surface area contributed by atoms with E-state index in [-0.39, 0.29) is 22.3 Å². The summed E-state index contributed by atoms with van der Waals surface area (Å²) in [6.45, 7) is -0.924. The van der Waals surface area contributed by atoms with Gasteiger partial charge in [-0.15, -0.1) is 0 Å². The van der Waals surface area contributed by atoms with E-state index in [0.29, 0.717) is 10.0 Å². The van der Waals surface area contributed by atoms with Gasteiger partial charge < -0.3 is 15.7 Å². The van der Waals surface area contributed by atoms with Crippen LogP contribution < -0.4 is 10.6 Å². The van der Waals surface area contributed by atoms with Crippen molar-refractivity contribution in [2.75, 3.05) is 23.9 Å². The molecule has 0 aliphatic heterocycles. The molecule has 0 aliphatic rings. The number of carbonyl (C=O) groups is 1. The summed E-state index contributed by atoms with van der Waals surface area (Å²) in [7, 11) is -3.47. The molecule has 0 aliphatic carbocycles. The number of aliphatic hydroxyl groups is 1. The number of halogens is 6. The van der Waals surface area contributed by atoms with E-state index in [1.165, 1.54) is 24.3 Å². The number of hydrogen-bond donors (Lipinski definition) is 3. The van der Waals surface area contributed by atoms with Gasteiger partial charge in [-0.3, -0.25) is 4.79 Å². The van der Waals surface area contributed by atoms with Crippen LogP contribution in [0, 0.1) is 0 Å². The average Bonchev–Trinajstić information content (AvgIpc) is 2.62. The molecule has 1 amide bonds. The minimum absolute atomic E-state index is 0.00270. The van der Waals surface area contributed by atoms with Crippen molar-refractivity contribution in [3.63, 3.8) is 0 Å². The summed E-state index contributed by atoms with van der Waals surface area (Å²) >= 11 is 14.8. The standard InChI is InChI=1S/C19H18BrCl2F3N2O4S/c1-32(30,31)9-17(28)26-8-11-2-3-15(7-16(11)20)27-10-18(29,19(23,24)25)12-4-13(21)6-14(22)5-12/h2-7,27,29H,8-10H2,1H3,(H,26,28)/t18-/m0/s1. The smallest absolute Gasteiger partial charge is 0.381 e. The molecule has 0 saturated carbocycles. The van der Waals surface area contributed by atoms with Crippen molar-refractivity contribution in [1.29, 1.82) is 0 Å². The highest BCUT2D eigenvalue weighted by atomic mass is 79.9. The first-order valence-electron chi connectivity index (χ1n) is 8.83. The van der Waals surface area contributed by atoms with Crippen molar-refractivity contribution < 1.29 is 31.5 Å². The molecule has 2 aromatic rings. The lowest BCUT2D eigenvalue weighted by atomic mass is 9.92. The molecule has 3 N–H and O–H groups in total. The summed E-state index contributed by atoms with van der Waals surface area (Å²) in [5, 5.41) is 15.3. The molecule has 176 valence electrons. The summed E-state index contributed by atoms with van der Waals surface area (Å²) in [6, 6.07) is 7.66. The Morgan fingerprint density at radius 1 is 1.12 bits per heavy atom. The molecule has 0 saturated heterocycles. The number of anilines is 1. The molecule has 2 aromatic carbocycles. The highest BCUT2D eigenvalue weighted by molar-refractivity contribution is 9.10. The van der Waals surface area contributed by atoms with Gasteiger partial charge in [0.2, 0.25) is 11.5 Å². The number of carbonyl (C=O) groups excluding carboxylic acids is 1. The van der Waals surface area contributed by atoms with Gasteiger partial charge in [-0.1, -0.05) is 45.2 Å². The van der Waals surface area contributed by atoms with Gasteiger partial charge in [-0.05, 0) is 41.5 Å². The zero-order chi connectivity index (χ0) is 24.3. The van der Waals surface area contributed by atoms with Crippen molar-refractivity contribution in [2.45, 2.75) is 18.3 Å². The number of hydrogen-bond acceptors (Lipinski definition) is 5. The fraction of sp³-hybridized carbons (Fsp3) is 0.316. The third-order valence-corrected chi connectivity index (χ3v) is 6.24. The number of amides is 1. The Morgan fingerprint density at radius 3 is 2.22 bits per heavy atom. The van der Waals surface area contributed by atoms with Gasteiger partial charge in [-0.25, -0.2) is 8.42 Å². The van der Waals surface area contributed by atoms with Gasteiger partial charge in [-0.2, -0.15) is 13.2 Å². The third-order valence-electron chi connectivity index (χ3n) is 4.28. The Balaban J connectivity index is 2.16. The molecule has 0 bridgehead atoms. The fourth-order valence-corrected chi connectivity index (χ4v) is 4.30. The highest BCUT2D eigenvalue weighted by Gasteiger charge is 2.55. The second-order valence-electron chi connectivity index (χ2n) is 7.02. The van der Waals surface area contributed by atoms with Crippen LogP contribution >= 0.6 is 39.1 Å². The molecular weight excluding hydrogens is 560 g/mol. The van der Waals surface area contributed by atoms with E-state index in [1.54, 1.807) is 0 Å². The lowest BCUT2D eigenvalue weighted by molar-refractivity contribution is -0.260. The first kappa shape index (κ1) is 26.7. The van der Waals surface area contributed by atoms with Crippen molar-refractivity contribution in [3.05, 3.63) is 62.0 Å². The average molecular weight is 578 g/mol. The monoisotopic (exact) mass is 576 g/mol. The number of sulfone groups is 1. The number of alkyl halides is 3. The summed E-state index contributed by atoms with van der Waals surface area (Å²) in [4.78, 5) is 11.6. The summed E-state index contributed by atoms with van der Waals surface area (Å²) in [5.41, 5.74) is -2.98. The van der Waals surface area contributed by atoms with Gasteiger partial charge >= 0.3 is 6.18 Å². The van der Waals surface area contributed by atoms with Crippen LogP contribution in [0.5, 0.6) is 0 Å². The highest BCUT2D eigenvalue weighted by Crippen LogP contribution is 2.41. The van der Waals surface area contributed by atoms with Crippen molar-refractivity contribution >= 4 is 60.6 Å². The lowest BCUT2D eigenvalue weighted by Crippen LogP contribution is -2.47. The molecular formula is C19H18BrCl2F3N2O4S. The van der Waals surface area contributed by atoms with Crippen LogP contribution in [0.15, 0.2) is 40.9 Å². The Kier molecular flexibility index (Phi) is 8.49. The molecule has 6 nitrogen and oxygen atoms in total. The van der Waals surface area contributed by atoms with E-state index >= 15 is 0 Å². The largest absolute Gasteiger partial charge is 0.423 e. The van der Waals surface area contributed by atoms with Crippen LogP contribution in [-0.4, -0.2) is 44.2 Å². The van der Waals surface area contributed by atoms with Gasteiger partial charge in [0, 0.05) is 33.0 Å². The number of benzene rings is 2. The Bertz CT molecular complexity index is 1100. The van der Waals surface area contributed by atoms with Crippen molar-refractivity contribution in [2.24, 2.45) is 0 Å². The molecule has 0 spiro atoms. The van der Waals surface area contributed by atoms with Crippen LogP contribution in [0.4, 0.5) is 18.9 Å². The molecule has 0 unspecified atom stereocenters. The first-order valence-corrected chi connectivity index (χ1v) is 12.4. The zero-order valence-electron chi connectivity index (χ0n) is 16.4. The van der Waals surface area contributed by atoms with E-state index in [9.17, 15) is 31.5 Å². The lowest BCUT2D eigenvalue weighted by Gasteiger charge is -2.32. The predicted molar refractivity (Wildman–Crippen MR) is 121 cm³/mol. The van der Waals surface area contributed by atoms with Crippen molar-refractivity contribution in [1.82, 2.24) is 5.32 Å². The van der Waals surface area contributed by atoms with Crippen LogP contribution in [0.3, 0.4) is 0 Å². The Labute approximate surface area is 201 Å². The molecule has 0 heterocycles. The maximum atomic E-state index is 13.7. The van der Waals surface area contributed by atoms with E-state index in [0.717, 1.165) is 18.4 Å². The topological polar surface area (TPSA) is 95.5 Å². The van der Waals surface area contributed by atoms with Crippen LogP contribution in [0.25, 0.3) is 0 Å². The Hall–Kier alpha value is -1.53. The third kappa shape index (κ3) is 7.24. The first-order chi connectivity index (χ1) is 14.6. The minimum Gasteiger partial charge on any atom is -0.381 e. The molecule has 0 fully saturated rings. The molecule has 13 heteroatoms. The van der Waals surface area contributed by atoms with Crippen LogP contribution in [0.2, 0.25) is 10.0 Å². The molecule has 32 heavy (non-hydrogen) atoms. The van der Waals surface area contributed by atoms with E-state index in [2.05, 4.69) is 26.6 Å². The van der Waals surface area contributed by atoms with E-state index in [4.69, 9.17) is 23.2 Å². The van der Waals surface area contributed by atoms with Crippen LogP contribution in [-0.2, 0) is 26.8 Å². The van der Waals surface area contributed by atoms with Gasteiger partial charge in [0.1, 0.15) is 5.75 Å². The van der Waals surface area contributed by atoms with Gasteiger partial charge in [0.05, 0.1) is 6.54 Å². The number of rotatable bonds is 8. The fourth-order valence-electron chi connectivity index (χ4n) is 2.67. The molecule has 2 rings (SSSR count). The summed E-state index contributed by atoms with van der Waals surface area (Å²) in [6.07, 6.45) is -4.10. The number of nitrogens with one attached hydrogen (secondary N) is 2.